The van der Waals surface area contributed by atoms with E-state index in [4.69, 9.17) is 9.47 Å². The molecule has 1 heterocycles. The van der Waals surface area contributed by atoms with E-state index in [0.29, 0.717) is 30.6 Å². The van der Waals surface area contributed by atoms with Gasteiger partial charge in [0.25, 0.3) is 0 Å². The molecule has 2 bridgehead atoms. The van der Waals surface area contributed by atoms with Crippen molar-refractivity contribution in [3.8, 4) is 0 Å². The summed E-state index contributed by atoms with van der Waals surface area (Å²) in [7, 11) is 0. The standard InChI is InChI=1S/C42H68O5/c1-9-10-11-12-13-14-15-16-17-18-34(44)46-33-27-42(28(2)3)35-29-19-20-31-38(6)23-22-32(43)37(4,5)30(38)21-24-40(31,8)39(29,7)25-26-41(33,35)36(45)47-42/h29-33,35,43H,2,9-27H2,1,3-8H3/t29-,30+,31-,32-,33-,35-,38+,39-,40-,41-,42-/m1/s1. The van der Waals surface area contributed by atoms with Gasteiger partial charge in [0.15, 0.2) is 0 Å². The minimum atomic E-state index is -0.751. The fourth-order valence-electron chi connectivity index (χ4n) is 13.8. The molecule has 0 amide bonds. The number of fused-ring (bicyclic) bond motifs is 5. The third-order valence-corrected chi connectivity index (χ3v) is 16.6. The maximum absolute atomic E-state index is 14.1. The second kappa shape index (κ2) is 12.4. The lowest BCUT2D eigenvalue weighted by Gasteiger charge is -2.72. The molecule has 0 aromatic heterocycles. The van der Waals surface area contributed by atoms with Crippen molar-refractivity contribution in [2.45, 2.75) is 188 Å². The van der Waals surface area contributed by atoms with Gasteiger partial charge in [-0.05, 0) is 110 Å². The van der Waals surface area contributed by atoms with E-state index in [1.807, 2.05) is 6.92 Å². The fraction of sp³-hybridized carbons (Fsp3) is 0.905. The quantitative estimate of drug-likeness (QED) is 0.129. The van der Waals surface area contributed by atoms with Gasteiger partial charge < -0.3 is 14.6 Å². The summed E-state index contributed by atoms with van der Waals surface area (Å²) in [6.07, 6.45) is 19.6. The van der Waals surface area contributed by atoms with Crippen LogP contribution in [0.25, 0.3) is 0 Å². The zero-order valence-electron chi connectivity index (χ0n) is 31.2. The first-order valence-electron chi connectivity index (χ1n) is 19.9. The second-order valence-electron chi connectivity index (χ2n) is 18.9. The van der Waals surface area contributed by atoms with E-state index in [-0.39, 0.29) is 45.6 Å². The number of ether oxygens (including phenoxy) is 2. The van der Waals surface area contributed by atoms with Crippen LogP contribution in [0, 0.1) is 50.7 Å². The van der Waals surface area contributed by atoms with Crippen molar-refractivity contribution >= 4 is 11.9 Å². The third kappa shape index (κ3) is 5.06. The number of unbranched alkanes of at least 4 members (excludes halogenated alkanes) is 8. The Morgan fingerprint density at radius 3 is 2.17 bits per heavy atom. The molecule has 11 atom stereocenters. The van der Waals surface area contributed by atoms with Crippen LogP contribution in [-0.2, 0) is 19.1 Å². The van der Waals surface area contributed by atoms with Crippen LogP contribution in [0.4, 0.5) is 0 Å². The van der Waals surface area contributed by atoms with E-state index in [1.54, 1.807) is 0 Å². The molecule has 5 saturated carbocycles. The first-order valence-corrected chi connectivity index (χ1v) is 19.9. The van der Waals surface area contributed by atoms with Crippen LogP contribution >= 0.6 is 0 Å². The van der Waals surface area contributed by atoms with Crippen LogP contribution < -0.4 is 0 Å². The second-order valence-corrected chi connectivity index (χ2v) is 18.9. The van der Waals surface area contributed by atoms with Crippen molar-refractivity contribution in [1.82, 2.24) is 0 Å². The minimum absolute atomic E-state index is 0.0113. The largest absolute Gasteiger partial charge is 0.461 e. The van der Waals surface area contributed by atoms with Crippen LogP contribution in [0.1, 0.15) is 170 Å². The average molecular weight is 653 g/mol. The van der Waals surface area contributed by atoms with Crippen LogP contribution in [0.5, 0.6) is 0 Å². The Kier molecular flexibility index (Phi) is 9.39. The number of aliphatic hydroxyl groups is 1. The molecular weight excluding hydrogens is 584 g/mol. The van der Waals surface area contributed by atoms with Crippen LogP contribution in [0.3, 0.4) is 0 Å². The molecule has 1 saturated heterocycles. The summed E-state index contributed by atoms with van der Waals surface area (Å²) in [5.74, 6) is 1.18. The molecule has 266 valence electrons. The number of carbonyl (C=O) groups excluding carboxylic acids is 2. The first kappa shape index (κ1) is 35.5. The molecule has 0 unspecified atom stereocenters. The van der Waals surface area contributed by atoms with Crippen LogP contribution in [0.15, 0.2) is 12.2 Å². The summed E-state index contributed by atoms with van der Waals surface area (Å²) in [5.41, 5.74) is -0.230. The molecule has 0 aromatic rings. The number of rotatable bonds is 12. The van der Waals surface area contributed by atoms with Gasteiger partial charge in [0, 0.05) is 18.8 Å². The smallest absolute Gasteiger partial charge is 0.317 e. The first-order chi connectivity index (χ1) is 22.1. The van der Waals surface area contributed by atoms with Crippen molar-refractivity contribution in [1.29, 1.82) is 0 Å². The summed E-state index contributed by atoms with van der Waals surface area (Å²) in [4.78, 5) is 27.5. The van der Waals surface area contributed by atoms with E-state index >= 15 is 0 Å². The lowest BCUT2D eigenvalue weighted by atomic mass is 9.32. The van der Waals surface area contributed by atoms with Gasteiger partial charge in [0.1, 0.15) is 17.1 Å². The van der Waals surface area contributed by atoms with E-state index in [0.717, 1.165) is 63.4 Å². The normalized spacial score (nSPS) is 46.1. The highest BCUT2D eigenvalue weighted by Crippen LogP contribution is 2.80. The average Bonchev–Trinajstić information content (AvgIpc) is 3.44. The number of esters is 2. The molecule has 6 aliphatic rings. The molecule has 5 heteroatoms. The van der Waals surface area contributed by atoms with Crippen molar-refractivity contribution in [2.75, 3.05) is 0 Å². The number of hydrogen-bond donors (Lipinski definition) is 1. The predicted octanol–water partition coefficient (Wildman–Crippen LogP) is 10.1. The Bertz CT molecular complexity index is 1220. The highest BCUT2D eigenvalue weighted by molar-refractivity contribution is 5.85. The van der Waals surface area contributed by atoms with Gasteiger partial charge in [-0.1, -0.05) is 99.5 Å². The lowest BCUT2D eigenvalue weighted by molar-refractivity contribution is -0.247. The van der Waals surface area contributed by atoms with Gasteiger partial charge in [-0.2, -0.15) is 0 Å². The number of carbonyl (C=O) groups is 2. The maximum atomic E-state index is 14.1. The summed E-state index contributed by atoms with van der Waals surface area (Å²) < 4.78 is 12.9. The van der Waals surface area contributed by atoms with Crippen molar-refractivity contribution in [2.24, 2.45) is 50.7 Å². The Balaban J connectivity index is 1.19. The Hall–Kier alpha value is -1.36. The Morgan fingerprint density at radius 2 is 1.51 bits per heavy atom. The molecule has 0 radical (unpaired) electrons. The zero-order chi connectivity index (χ0) is 34.0. The topological polar surface area (TPSA) is 72.8 Å². The van der Waals surface area contributed by atoms with Gasteiger partial charge >= 0.3 is 11.9 Å². The van der Waals surface area contributed by atoms with E-state index in [2.05, 4.69) is 48.1 Å². The van der Waals surface area contributed by atoms with Gasteiger partial charge in [-0.25, -0.2) is 0 Å². The van der Waals surface area contributed by atoms with Crippen molar-refractivity contribution < 1.29 is 24.2 Å². The molecule has 0 aromatic carbocycles. The summed E-state index contributed by atoms with van der Waals surface area (Å²) in [6, 6.07) is 0. The Labute approximate surface area is 286 Å². The maximum Gasteiger partial charge on any atom is 0.317 e. The van der Waals surface area contributed by atoms with E-state index in [1.165, 1.54) is 51.4 Å². The van der Waals surface area contributed by atoms with Gasteiger partial charge in [-0.3, -0.25) is 9.59 Å². The SMILES string of the molecule is C=C(C)[C@]12C[C@@H](OC(=O)CCCCCCCCCCC)[C@@]3(CC[C@]4(C)[C@H](CC[C@@H]5[C@@]6(C)CC[C@@H](O)C(C)(C)[C@@H]6CC[C@]54C)[C@H]31)C(=O)O2. The monoisotopic (exact) mass is 653 g/mol. The van der Waals surface area contributed by atoms with Gasteiger partial charge in [0.2, 0.25) is 0 Å². The van der Waals surface area contributed by atoms with E-state index in [9.17, 15) is 14.7 Å². The molecule has 6 fully saturated rings. The molecule has 47 heavy (non-hydrogen) atoms. The minimum Gasteiger partial charge on any atom is -0.461 e. The predicted molar refractivity (Wildman–Crippen MR) is 187 cm³/mol. The van der Waals surface area contributed by atoms with Crippen molar-refractivity contribution in [3.05, 3.63) is 12.2 Å². The summed E-state index contributed by atoms with van der Waals surface area (Å²) >= 11 is 0. The molecule has 1 N–H and O–H groups in total. The highest BCUT2D eigenvalue weighted by Gasteiger charge is 2.82. The third-order valence-electron chi connectivity index (χ3n) is 16.6. The number of aliphatic hydroxyl groups excluding tert-OH is 1. The van der Waals surface area contributed by atoms with Crippen LogP contribution in [0.2, 0.25) is 0 Å². The fourth-order valence-corrected chi connectivity index (χ4v) is 13.8. The highest BCUT2D eigenvalue weighted by atomic mass is 16.6. The van der Waals surface area contributed by atoms with Crippen LogP contribution in [-0.4, -0.2) is 34.9 Å². The molecule has 0 spiro atoms. The molecule has 5 aliphatic carbocycles. The molecule has 5 nitrogen and oxygen atoms in total. The zero-order valence-corrected chi connectivity index (χ0v) is 31.2. The van der Waals surface area contributed by atoms with Gasteiger partial charge in [-0.15, -0.1) is 0 Å². The van der Waals surface area contributed by atoms with Crippen molar-refractivity contribution in [3.63, 3.8) is 0 Å². The molecular formula is C42H68O5. The molecule has 1 aliphatic heterocycles. The van der Waals surface area contributed by atoms with E-state index < -0.39 is 17.1 Å². The molecule has 6 rings (SSSR count). The summed E-state index contributed by atoms with van der Waals surface area (Å²) in [5, 5.41) is 11.1. The summed E-state index contributed by atoms with van der Waals surface area (Å²) in [6.45, 7) is 21.1. The lowest BCUT2D eigenvalue weighted by Crippen LogP contribution is -2.67. The Morgan fingerprint density at radius 1 is 0.851 bits per heavy atom. The van der Waals surface area contributed by atoms with Gasteiger partial charge in [0.05, 0.1) is 6.10 Å². The number of hydrogen-bond acceptors (Lipinski definition) is 5.